The number of esters is 1. The van der Waals surface area contributed by atoms with Gasteiger partial charge in [0.1, 0.15) is 17.1 Å². The number of nitro benzene ring substituents is 1. The van der Waals surface area contributed by atoms with Crippen LogP contribution in [0.25, 0.3) is 0 Å². The maximum absolute atomic E-state index is 12.9. The molecule has 0 saturated carbocycles. The van der Waals surface area contributed by atoms with Crippen LogP contribution >= 0.6 is 11.6 Å². The van der Waals surface area contributed by atoms with Crippen LogP contribution in [0.15, 0.2) is 42.5 Å². The molecule has 0 radical (unpaired) electrons. The third-order valence-corrected chi connectivity index (χ3v) is 4.28. The molecule has 8 nitrogen and oxygen atoms in total. The Balaban J connectivity index is 2.57. The number of ether oxygens (including phenoxy) is 3. The fourth-order valence-electron chi connectivity index (χ4n) is 2.72. The molecule has 0 unspecified atom stereocenters. The second-order valence-electron chi connectivity index (χ2n) is 6.69. The number of carbonyl (C=O) groups is 2. The molecule has 0 aliphatic heterocycles. The number of nitrogens with zero attached hydrogens (tertiary/aromatic N) is 1. The molecule has 12 heteroatoms. The molecule has 0 aromatic heterocycles. The van der Waals surface area contributed by atoms with Crippen molar-refractivity contribution in [3.63, 3.8) is 0 Å². The van der Waals surface area contributed by atoms with Crippen LogP contribution in [0.3, 0.4) is 0 Å². The van der Waals surface area contributed by atoms with Gasteiger partial charge >= 0.3 is 18.3 Å². The Morgan fingerprint density at radius 2 is 1.88 bits per heavy atom. The van der Waals surface area contributed by atoms with Crippen LogP contribution in [0.1, 0.15) is 35.3 Å². The van der Waals surface area contributed by atoms with Gasteiger partial charge in [0.25, 0.3) is 5.69 Å². The molecule has 0 spiro atoms. The van der Waals surface area contributed by atoms with E-state index in [1.165, 1.54) is 13.0 Å². The van der Waals surface area contributed by atoms with Crippen LogP contribution in [0.4, 0.5) is 23.7 Å². The van der Waals surface area contributed by atoms with Crippen LogP contribution in [0.2, 0.25) is 5.02 Å². The topological polar surface area (TPSA) is 105 Å². The number of benzene rings is 2. The van der Waals surface area contributed by atoms with E-state index in [0.29, 0.717) is 11.6 Å². The molecule has 0 aliphatic rings. The number of rotatable bonds is 7. The first-order chi connectivity index (χ1) is 15.3. The molecular weight excluding hydrogens is 471 g/mol. The average molecular weight is 488 g/mol. The van der Waals surface area contributed by atoms with E-state index in [-0.39, 0.29) is 35.1 Å². The smallest absolute Gasteiger partial charge is 0.456 e. The number of halogens is 4. The Kier molecular flexibility index (Phi) is 8.04. The van der Waals surface area contributed by atoms with Crippen LogP contribution in [0.5, 0.6) is 11.5 Å². The summed E-state index contributed by atoms with van der Waals surface area (Å²) < 4.78 is 53.1. The molecule has 0 amide bonds. The molecular formula is C21H17ClF3NO7. The standard InChI is InChI=1S/C21H17ClF3NO7/c1-4-31-20(28)33-19(27)15-10-14(8-12(7-11(2)3)18(15)26(29)30)32-17-6-5-13(9-16(17)22)21(23,24)25/h5-6,8-10H,2,4,7H2,1,3H3. The highest BCUT2D eigenvalue weighted by atomic mass is 35.5. The summed E-state index contributed by atoms with van der Waals surface area (Å²) in [6.45, 7) is 6.61. The zero-order valence-corrected chi connectivity index (χ0v) is 18.1. The minimum absolute atomic E-state index is 0.0103. The summed E-state index contributed by atoms with van der Waals surface area (Å²) in [6, 6.07) is 4.46. The summed E-state index contributed by atoms with van der Waals surface area (Å²) in [4.78, 5) is 34.8. The summed E-state index contributed by atoms with van der Waals surface area (Å²) in [6.07, 6.45) is -6.04. The summed E-state index contributed by atoms with van der Waals surface area (Å²) in [5.41, 5.74) is -1.82. The van der Waals surface area contributed by atoms with Crippen LogP contribution in [0, 0.1) is 10.1 Å². The average Bonchev–Trinajstić information content (AvgIpc) is 2.67. The van der Waals surface area contributed by atoms with Gasteiger partial charge in [0, 0.05) is 11.6 Å². The lowest BCUT2D eigenvalue weighted by molar-refractivity contribution is -0.385. The summed E-state index contributed by atoms with van der Waals surface area (Å²) >= 11 is 5.90. The third-order valence-electron chi connectivity index (χ3n) is 3.98. The van der Waals surface area contributed by atoms with Gasteiger partial charge in [0.2, 0.25) is 0 Å². The molecule has 0 atom stereocenters. The lowest BCUT2D eigenvalue weighted by atomic mass is 10.0. The lowest BCUT2D eigenvalue weighted by Gasteiger charge is -2.14. The van der Waals surface area contributed by atoms with Crippen molar-refractivity contribution in [3.05, 3.63) is 74.3 Å². The van der Waals surface area contributed by atoms with Crippen molar-refractivity contribution in [2.75, 3.05) is 6.61 Å². The van der Waals surface area contributed by atoms with Crippen LogP contribution < -0.4 is 4.74 Å². The number of nitro groups is 1. The second-order valence-corrected chi connectivity index (χ2v) is 7.09. The highest BCUT2D eigenvalue weighted by molar-refractivity contribution is 6.32. The first kappa shape index (κ1) is 25.7. The zero-order valence-electron chi connectivity index (χ0n) is 17.3. The Bertz CT molecular complexity index is 1120. The van der Waals surface area contributed by atoms with Crippen molar-refractivity contribution in [1.82, 2.24) is 0 Å². The van der Waals surface area contributed by atoms with Gasteiger partial charge in [-0.25, -0.2) is 9.59 Å². The molecule has 2 aromatic carbocycles. The maximum Gasteiger partial charge on any atom is 0.516 e. The van der Waals surface area contributed by atoms with Gasteiger partial charge in [-0.05, 0) is 44.5 Å². The van der Waals surface area contributed by atoms with Gasteiger partial charge in [0.15, 0.2) is 0 Å². The van der Waals surface area contributed by atoms with Crippen molar-refractivity contribution in [2.24, 2.45) is 0 Å². The number of hydrogen-bond donors (Lipinski definition) is 0. The first-order valence-corrected chi connectivity index (χ1v) is 9.60. The first-order valence-electron chi connectivity index (χ1n) is 9.22. The maximum atomic E-state index is 12.9. The normalized spacial score (nSPS) is 11.0. The molecule has 0 aliphatic carbocycles. The molecule has 0 fully saturated rings. The number of allylic oxidation sites excluding steroid dienone is 1. The van der Waals surface area contributed by atoms with E-state index in [1.807, 2.05) is 0 Å². The van der Waals surface area contributed by atoms with Gasteiger partial charge in [-0.15, -0.1) is 0 Å². The second kappa shape index (κ2) is 10.3. The molecule has 2 aromatic rings. The quantitative estimate of drug-likeness (QED) is 0.144. The van der Waals surface area contributed by atoms with Crippen molar-refractivity contribution in [3.8, 4) is 11.5 Å². The molecule has 176 valence electrons. The van der Waals surface area contributed by atoms with Crippen molar-refractivity contribution in [1.29, 1.82) is 0 Å². The molecule has 33 heavy (non-hydrogen) atoms. The predicted molar refractivity (Wildman–Crippen MR) is 111 cm³/mol. The van der Waals surface area contributed by atoms with E-state index in [9.17, 15) is 32.9 Å². The fraction of sp³-hybridized carbons (Fsp3) is 0.238. The minimum atomic E-state index is -4.63. The van der Waals surface area contributed by atoms with Gasteiger partial charge in [-0.3, -0.25) is 10.1 Å². The van der Waals surface area contributed by atoms with Crippen molar-refractivity contribution in [2.45, 2.75) is 26.4 Å². The summed E-state index contributed by atoms with van der Waals surface area (Å²) in [5, 5.41) is 11.3. The summed E-state index contributed by atoms with van der Waals surface area (Å²) in [7, 11) is 0. The highest BCUT2D eigenvalue weighted by Gasteiger charge is 2.32. The van der Waals surface area contributed by atoms with Crippen LogP contribution in [-0.2, 0) is 22.1 Å². The monoisotopic (exact) mass is 487 g/mol. The number of carbonyl (C=O) groups excluding carboxylic acids is 2. The molecule has 0 saturated heterocycles. The Labute approximate surface area is 190 Å². The number of alkyl halides is 3. The van der Waals surface area contributed by atoms with E-state index in [4.69, 9.17) is 16.3 Å². The van der Waals surface area contributed by atoms with E-state index in [1.54, 1.807) is 6.92 Å². The fourth-order valence-corrected chi connectivity index (χ4v) is 2.94. The SMILES string of the molecule is C=C(C)Cc1cc(Oc2ccc(C(F)(F)F)cc2Cl)cc(C(=O)OC(=O)OCC)c1[N+](=O)[O-]. The van der Waals surface area contributed by atoms with E-state index in [2.05, 4.69) is 16.1 Å². The van der Waals surface area contributed by atoms with Crippen molar-refractivity contribution >= 4 is 29.4 Å². The van der Waals surface area contributed by atoms with E-state index >= 15 is 0 Å². The van der Waals surface area contributed by atoms with Gasteiger partial charge in [-0.2, -0.15) is 13.2 Å². The van der Waals surface area contributed by atoms with E-state index in [0.717, 1.165) is 18.2 Å². The van der Waals surface area contributed by atoms with Gasteiger partial charge in [-0.1, -0.05) is 23.8 Å². The largest absolute Gasteiger partial charge is 0.516 e. The molecule has 0 heterocycles. The molecule has 0 bridgehead atoms. The summed E-state index contributed by atoms with van der Waals surface area (Å²) in [5.74, 6) is -1.76. The van der Waals surface area contributed by atoms with E-state index < -0.39 is 40.0 Å². The Hall–Kier alpha value is -3.60. The minimum Gasteiger partial charge on any atom is -0.456 e. The zero-order chi connectivity index (χ0) is 24.9. The lowest BCUT2D eigenvalue weighted by Crippen LogP contribution is -2.16. The molecule has 2 rings (SSSR count). The molecule has 0 N–H and O–H groups in total. The highest BCUT2D eigenvalue weighted by Crippen LogP contribution is 2.38. The third kappa shape index (κ3) is 6.69. The number of hydrogen-bond acceptors (Lipinski definition) is 7. The van der Waals surface area contributed by atoms with Crippen LogP contribution in [-0.4, -0.2) is 23.7 Å². The van der Waals surface area contributed by atoms with Gasteiger partial charge in [0.05, 0.1) is 22.1 Å². The van der Waals surface area contributed by atoms with Gasteiger partial charge < -0.3 is 14.2 Å². The predicted octanol–water partition coefficient (Wildman–Crippen LogP) is 6.49. The Morgan fingerprint density at radius 1 is 1.21 bits per heavy atom. The van der Waals surface area contributed by atoms with Crippen molar-refractivity contribution < 1.29 is 41.9 Å². The Morgan fingerprint density at radius 3 is 2.39 bits per heavy atom.